The van der Waals surface area contributed by atoms with E-state index in [2.05, 4.69) is 20.2 Å². The van der Waals surface area contributed by atoms with E-state index >= 15 is 4.39 Å². The highest BCUT2D eigenvalue weighted by molar-refractivity contribution is 6.33. The zero-order chi connectivity index (χ0) is 22.3. The number of aromatic amines is 1. The molecule has 4 aromatic rings. The molecule has 0 amide bonds. The molecule has 1 N–H and O–H groups in total. The van der Waals surface area contributed by atoms with Gasteiger partial charge in [-0.2, -0.15) is 0 Å². The molecule has 0 radical (unpaired) electrons. The molecule has 0 bridgehead atoms. The van der Waals surface area contributed by atoms with Crippen molar-refractivity contribution < 1.29 is 13.9 Å². The van der Waals surface area contributed by atoms with Gasteiger partial charge in [-0.25, -0.2) is 9.37 Å². The highest BCUT2D eigenvalue weighted by atomic mass is 35.5. The van der Waals surface area contributed by atoms with Crippen molar-refractivity contribution in [2.24, 2.45) is 7.05 Å². The van der Waals surface area contributed by atoms with E-state index in [-0.39, 0.29) is 16.8 Å². The standard InChI is InChI=1S/C20H23ClFN7O2/c1-27(2)12(9-30-4)19-24-20(26-25-19)18-17(29-7-6-23-10-29)11-8-13(31-5)14(21)15(22)16(11)28(18)3/h6-8,10,12H,9H2,1-5H3,(H,24,25,26)/t12-/m1/s1. The maximum absolute atomic E-state index is 15.3. The van der Waals surface area contributed by atoms with Crippen LogP contribution in [0.4, 0.5) is 4.39 Å². The van der Waals surface area contributed by atoms with Gasteiger partial charge in [0.1, 0.15) is 22.3 Å². The van der Waals surface area contributed by atoms with E-state index in [0.29, 0.717) is 40.5 Å². The predicted octanol–water partition coefficient (Wildman–Crippen LogP) is 3.20. The van der Waals surface area contributed by atoms with Gasteiger partial charge >= 0.3 is 0 Å². The van der Waals surface area contributed by atoms with Crippen LogP contribution in [0.5, 0.6) is 5.75 Å². The number of H-pyrrole nitrogens is 1. The molecule has 4 rings (SSSR count). The number of benzene rings is 1. The van der Waals surface area contributed by atoms with Crippen LogP contribution in [0.25, 0.3) is 28.1 Å². The van der Waals surface area contributed by atoms with Crippen LogP contribution in [0.1, 0.15) is 11.9 Å². The predicted molar refractivity (Wildman–Crippen MR) is 115 cm³/mol. The van der Waals surface area contributed by atoms with Crippen molar-refractivity contribution in [3.63, 3.8) is 0 Å². The second kappa shape index (κ2) is 8.29. The molecule has 11 heteroatoms. The van der Waals surface area contributed by atoms with Crippen molar-refractivity contribution >= 4 is 22.5 Å². The Morgan fingerprint density at radius 2 is 2.06 bits per heavy atom. The van der Waals surface area contributed by atoms with Crippen LogP contribution in [-0.2, 0) is 11.8 Å². The summed E-state index contributed by atoms with van der Waals surface area (Å²) >= 11 is 6.20. The number of ether oxygens (including phenoxy) is 2. The summed E-state index contributed by atoms with van der Waals surface area (Å²) in [5.41, 5.74) is 1.63. The zero-order valence-electron chi connectivity index (χ0n) is 17.8. The maximum atomic E-state index is 15.3. The fourth-order valence-corrected chi connectivity index (χ4v) is 3.96. The Balaban J connectivity index is 2.00. The number of halogens is 2. The third-order valence-corrected chi connectivity index (χ3v) is 5.62. The highest BCUT2D eigenvalue weighted by Crippen LogP contribution is 2.41. The number of aryl methyl sites for hydroxylation is 1. The van der Waals surface area contributed by atoms with E-state index < -0.39 is 5.82 Å². The molecule has 0 aliphatic carbocycles. The molecule has 0 saturated carbocycles. The summed E-state index contributed by atoms with van der Waals surface area (Å²) < 4.78 is 29.4. The Bertz CT molecular complexity index is 1220. The van der Waals surface area contributed by atoms with E-state index in [9.17, 15) is 0 Å². The molecular weight excluding hydrogens is 425 g/mol. The highest BCUT2D eigenvalue weighted by Gasteiger charge is 2.27. The summed E-state index contributed by atoms with van der Waals surface area (Å²) in [4.78, 5) is 9.41. The molecule has 3 heterocycles. The minimum absolute atomic E-state index is 0.0784. The van der Waals surface area contributed by atoms with Crippen molar-refractivity contribution in [3.05, 3.63) is 41.5 Å². The number of rotatable bonds is 7. The van der Waals surface area contributed by atoms with Gasteiger partial charge in [-0.3, -0.25) is 4.90 Å². The van der Waals surface area contributed by atoms with Gasteiger partial charge in [0, 0.05) is 31.9 Å². The smallest absolute Gasteiger partial charge is 0.180 e. The second-order valence-electron chi connectivity index (χ2n) is 7.32. The first-order valence-corrected chi connectivity index (χ1v) is 9.87. The number of nitrogens with zero attached hydrogens (tertiary/aromatic N) is 6. The molecule has 0 spiro atoms. The largest absolute Gasteiger partial charge is 0.495 e. The normalized spacial score (nSPS) is 12.8. The average molecular weight is 448 g/mol. The summed E-state index contributed by atoms with van der Waals surface area (Å²) in [6.45, 7) is 0.437. The molecule has 9 nitrogen and oxygen atoms in total. The summed E-state index contributed by atoms with van der Waals surface area (Å²) in [5, 5.41) is 9.22. The lowest BCUT2D eigenvalue weighted by Crippen LogP contribution is -2.25. The molecule has 1 atom stereocenters. The molecular formula is C20H23ClFN7O2. The van der Waals surface area contributed by atoms with Crippen LogP contribution in [-0.4, -0.2) is 69.1 Å². The zero-order valence-corrected chi connectivity index (χ0v) is 18.6. The van der Waals surface area contributed by atoms with Crippen LogP contribution in [0.2, 0.25) is 5.02 Å². The van der Waals surface area contributed by atoms with Gasteiger partial charge in [0.05, 0.1) is 37.3 Å². The molecule has 3 aromatic heterocycles. The molecule has 164 valence electrons. The molecule has 31 heavy (non-hydrogen) atoms. The fourth-order valence-electron chi connectivity index (χ4n) is 3.73. The van der Waals surface area contributed by atoms with Gasteiger partial charge in [-0.15, -0.1) is 10.2 Å². The number of hydrogen-bond donors (Lipinski definition) is 1. The topological polar surface area (TPSA) is 86.0 Å². The number of nitrogens with one attached hydrogen (secondary N) is 1. The lowest BCUT2D eigenvalue weighted by Gasteiger charge is -2.20. The van der Waals surface area contributed by atoms with Crippen LogP contribution in [0.15, 0.2) is 24.8 Å². The first-order chi connectivity index (χ1) is 14.9. The molecule has 0 fully saturated rings. The average Bonchev–Trinajstić information content (AvgIpc) is 3.47. The van der Waals surface area contributed by atoms with Gasteiger partial charge < -0.3 is 23.6 Å². The lowest BCUT2D eigenvalue weighted by atomic mass is 10.2. The number of hydrogen-bond acceptors (Lipinski definition) is 6. The van der Waals surface area contributed by atoms with Crippen molar-refractivity contribution in [2.45, 2.75) is 6.04 Å². The second-order valence-corrected chi connectivity index (χ2v) is 7.70. The number of imidazole rings is 1. The van der Waals surface area contributed by atoms with Gasteiger partial charge in [-0.05, 0) is 20.2 Å². The Morgan fingerprint density at radius 3 is 2.68 bits per heavy atom. The van der Waals surface area contributed by atoms with E-state index in [4.69, 9.17) is 21.1 Å². The Morgan fingerprint density at radius 1 is 1.29 bits per heavy atom. The summed E-state index contributed by atoms with van der Waals surface area (Å²) in [6.07, 6.45) is 5.07. The van der Waals surface area contributed by atoms with E-state index in [1.807, 2.05) is 19.0 Å². The lowest BCUT2D eigenvalue weighted by molar-refractivity contribution is 0.116. The molecule has 0 unspecified atom stereocenters. The number of methoxy groups -OCH3 is 2. The van der Waals surface area contributed by atoms with Crippen LogP contribution in [0, 0.1) is 5.82 Å². The SMILES string of the molecule is COC[C@H](c1nnc(-c2c(-n3ccnc3)c3cc(OC)c(Cl)c(F)c3n2C)[nH]1)N(C)C. The Hall–Kier alpha value is -2.95. The summed E-state index contributed by atoms with van der Waals surface area (Å²) in [5.74, 6) is 0.794. The van der Waals surface area contributed by atoms with Gasteiger partial charge in [0.2, 0.25) is 0 Å². The number of aromatic nitrogens is 6. The molecule has 0 saturated heterocycles. The van der Waals surface area contributed by atoms with Crippen molar-refractivity contribution in [3.8, 4) is 23.0 Å². The van der Waals surface area contributed by atoms with Crippen LogP contribution in [0.3, 0.4) is 0 Å². The van der Waals surface area contributed by atoms with Gasteiger partial charge in [0.25, 0.3) is 0 Å². The van der Waals surface area contributed by atoms with Crippen molar-refractivity contribution in [1.29, 1.82) is 0 Å². The Kier molecular flexibility index (Phi) is 5.69. The van der Waals surface area contributed by atoms with Gasteiger partial charge in [-0.1, -0.05) is 11.6 Å². The summed E-state index contributed by atoms with van der Waals surface area (Å²) in [6, 6.07) is 1.59. The quantitative estimate of drug-likeness (QED) is 0.468. The van der Waals surface area contributed by atoms with E-state index in [1.54, 1.807) is 48.1 Å². The fraction of sp³-hybridized carbons (Fsp3) is 0.350. The monoisotopic (exact) mass is 447 g/mol. The minimum atomic E-state index is -0.573. The molecule has 0 aliphatic rings. The number of likely N-dealkylation sites (N-methyl/N-ethyl adjacent to an activating group) is 1. The summed E-state index contributed by atoms with van der Waals surface area (Å²) in [7, 11) is 8.71. The van der Waals surface area contributed by atoms with E-state index in [1.165, 1.54) is 7.11 Å². The first-order valence-electron chi connectivity index (χ1n) is 9.50. The first kappa shape index (κ1) is 21.3. The van der Waals surface area contributed by atoms with Crippen molar-refractivity contribution in [2.75, 3.05) is 34.9 Å². The van der Waals surface area contributed by atoms with Crippen molar-refractivity contribution in [1.82, 2.24) is 34.2 Å². The molecule has 1 aromatic carbocycles. The third-order valence-electron chi connectivity index (χ3n) is 5.27. The van der Waals surface area contributed by atoms with Gasteiger partial charge in [0.15, 0.2) is 11.6 Å². The van der Waals surface area contributed by atoms with E-state index in [0.717, 1.165) is 0 Å². The minimum Gasteiger partial charge on any atom is -0.495 e. The molecule has 0 aliphatic heterocycles. The Labute approximate surface area is 183 Å². The maximum Gasteiger partial charge on any atom is 0.180 e. The van der Waals surface area contributed by atoms with Crippen LogP contribution >= 0.6 is 11.6 Å². The third kappa shape index (κ3) is 3.46. The number of fused-ring (bicyclic) bond motifs is 1. The van der Waals surface area contributed by atoms with Crippen LogP contribution < -0.4 is 4.74 Å².